The van der Waals surface area contributed by atoms with Crippen LogP contribution in [0.5, 0.6) is 0 Å². The second-order valence-electron chi connectivity index (χ2n) is 6.41. The van der Waals surface area contributed by atoms with Crippen LogP contribution in [0.25, 0.3) is 0 Å². The Hall–Kier alpha value is -2.88. The zero-order valence-corrected chi connectivity index (χ0v) is 14.3. The summed E-state index contributed by atoms with van der Waals surface area (Å²) in [5.74, 6) is 0. The summed E-state index contributed by atoms with van der Waals surface area (Å²) in [6.07, 6.45) is 0. The molecule has 2 N–H and O–H groups in total. The summed E-state index contributed by atoms with van der Waals surface area (Å²) in [6.45, 7) is 7.98. The van der Waals surface area contributed by atoms with Crippen LogP contribution in [0.3, 0.4) is 0 Å². The number of benzene rings is 2. The van der Waals surface area contributed by atoms with Crippen LogP contribution >= 0.6 is 0 Å². The van der Waals surface area contributed by atoms with Crippen molar-refractivity contribution in [1.82, 2.24) is 0 Å². The molecule has 0 aliphatic heterocycles. The highest BCUT2D eigenvalue weighted by atomic mass is 16.2. The molecule has 0 heterocycles. The predicted molar refractivity (Wildman–Crippen MR) is 99.8 cm³/mol. The number of anilines is 4. The third kappa shape index (κ3) is 3.08. The maximum Gasteiger partial charge on any atom is 0.253 e. The number of aryl methyl sites for hydroxylation is 4. The zero-order valence-electron chi connectivity index (χ0n) is 14.3. The van der Waals surface area contributed by atoms with Crippen LogP contribution in [-0.4, -0.2) is 0 Å². The standard InChI is InChI=1S/C20H20N2O2/c1-11-5-12(2)8-15(7-11)21-17-18(20(24)19(17)23)22-16-9-13(3)6-14(4)10-16/h5-10,21-22H,1-4H3. The fourth-order valence-electron chi connectivity index (χ4n) is 3.01. The second-order valence-corrected chi connectivity index (χ2v) is 6.41. The lowest BCUT2D eigenvalue weighted by molar-refractivity contribution is 1.32. The first-order valence-corrected chi connectivity index (χ1v) is 7.87. The Labute approximate surface area is 140 Å². The van der Waals surface area contributed by atoms with Crippen molar-refractivity contribution in [2.24, 2.45) is 0 Å². The molecule has 0 saturated heterocycles. The van der Waals surface area contributed by atoms with E-state index in [4.69, 9.17) is 0 Å². The molecular formula is C20H20N2O2. The van der Waals surface area contributed by atoms with E-state index in [1.54, 1.807) is 0 Å². The summed E-state index contributed by atoms with van der Waals surface area (Å²) in [5, 5.41) is 6.17. The van der Waals surface area contributed by atoms with Crippen molar-refractivity contribution < 1.29 is 0 Å². The molecular weight excluding hydrogens is 300 g/mol. The molecule has 0 saturated carbocycles. The van der Waals surface area contributed by atoms with E-state index in [0.29, 0.717) is 11.4 Å². The molecule has 0 radical (unpaired) electrons. The molecule has 0 fully saturated rings. The van der Waals surface area contributed by atoms with E-state index in [1.807, 2.05) is 52.0 Å². The van der Waals surface area contributed by atoms with Crippen molar-refractivity contribution in [2.45, 2.75) is 27.7 Å². The highest BCUT2D eigenvalue weighted by Crippen LogP contribution is 2.26. The van der Waals surface area contributed by atoms with E-state index >= 15 is 0 Å². The second kappa shape index (κ2) is 5.96. The molecule has 0 unspecified atom stereocenters. The largest absolute Gasteiger partial charge is 0.350 e. The molecule has 0 amide bonds. The van der Waals surface area contributed by atoms with Crippen molar-refractivity contribution in [2.75, 3.05) is 10.6 Å². The summed E-state index contributed by atoms with van der Waals surface area (Å²) in [7, 11) is 0. The maximum atomic E-state index is 12.0. The lowest BCUT2D eigenvalue weighted by atomic mass is 10.1. The summed E-state index contributed by atoms with van der Waals surface area (Å²) < 4.78 is 0. The minimum Gasteiger partial charge on any atom is -0.350 e. The summed E-state index contributed by atoms with van der Waals surface area (Å²) in [4.78, 5) is 23.9. The van der Waals surface area contributed by atoms with Crippen molar-refractivity contribution in [1.29, 1.82) is 0 Å². The van der Waals surface area contributed by atoms with Crippen LogP contribution in [0, 0.1) is 27.7 Å². The molecule has 0 aromatic heterocycles. The van der Waals surface area contributed by atoms with Gasteiger partial charge < -0.3 is 10.6 Å². The van der Waals surface area contributed by atoms with Crippen molar-refractivity contribution in [3.8, 4) is 0 Å². The van der Waals surface area contributed by atoms with Crippen LogP contribution < -0.4 is 21.5 Å². The van der Waals surface area contributed by atoms with E-state index in [9.17, 15) is 9.59 Å². The van der Waals surface area contributed by atoms with E-state index < -0.39 is 10.9 Å². The van der Waals surface area contributed by atoms with E-state index in [2.05, 4.69) is 22.8 Å². The number of rotatable bonds is 4. The van der Waals surface area contributed by atoms with Gasteiger partial charge in [-0.05, 0) is 74.2 Å². The van der Waals surface area contributed by atoms with E-state index in [0.717, 1.165) is 33.6 Å². The van der Waals surface area contributed by atoms with Crippen LogP contribution in [0.1, 0.15) is 22.3 Å². The van der Waals surface area contributed by atoms with Crippen molar-refractivity contribution >= 4 is 22.7 Å². The molecule has 3 aromatic carbocycles. The van der Waals surface area contributed by atoms with E-state index in [1.165, 1.54) is 0 Å². The van der Waals surface area contributed by atoms with E-state index in [-0.39, 0.29) is 0 Å². The van der Waals surface area contributed by atoms with Gasteiger partial charge in [0.25, 0.3) is 10.9 Å². The molecule has 4 heteroatoms. The number of nitrogens with one attached hydrogen (secondary N) is 2. The van der Waals surface area contributed by atoms with Crippen LogP contribution in [0.15, 0.2) is 46.0 Å². The zero-order chi connectivity index (χ0) is 17.4. The molecule has 0 aliphatic carbocycles. The monoisotopic (exact) mass is 320 g/mol. The lowest BCUT2D eigenvalue weighted by Gasteiger charge is -2.16. The van der Waals surface area contributed by atoms with Crippen LogP contribution in [0.4, 0.5) is 22.7 Å². The van der Waals surface area contributed by atoms with Gasteiger partial charge >= 0.3 is 0 Å². The van der Waals surface area contributed by atoms with Crippen LogP contribution in [-0.2, 0) is 0 Å². The molecule has 3 rings (SSSR count). The van der Waals surface area contributed by atoms with Gasteiger partial charge in [-0.2, -0.15) is 0 Å². The third-order valence-electron chi connectivity index (χ3n) is 3.89. The molecule has 122 valence electrons. The first-order chi connectivity index (χ1) is 11.3. The maximum absolute atomic E-state index is 12.0. The Balaban J connectivity index is 1.92. The van der Waals surface area contributed by atoms with Gasteiger partial charge in [-0.15, -0.1) is 0 Å². The third-order valence-corrected chi connectivity index (χ3v) is 3.89. The van der Waals surface area contributed by atoms with Gasteiger partial charge in [0.15, 0.2) is 0 Å². The Kier molecular flexibility index (Phi) is 3.97. The van der Waals surface area contributed by atoms with Gasteiger partial charge in [0, 0.05) is 11.4 Å². The van der Waals surface area contributed by atoms with Crippen molar-refractivity contribution in [3.63, 3.8) is 0 Å². The highest BCUT2D eigenvalue weighted by Gasteiger charge is 2.21. The first-order valence-electron chi connectivity index (χ1n) is 7.87. The van der Waals surface area contributed by atoms with Gasteiger partial charge in [-0.1, -0.05) is 12.1 Å². The van der Waals surface area contributed by atoms with Gasteiger partial charge in [0.05, 0.1) is 0 Å². The molecule has 0 bridgehead atoms. The average Bonchev–Trinajstić information content (AvgIpc) is 2.48. The molecule has 0 atom stereocenters. The summed E-state index contributed by atoms with van der Waals surface area (Å²) in [6, 6.07) is 11.9. The summed E-state index contributed by atoms with van der Waals surface area (Å²) >= 11 is 0. The smallest absolute Gasteiger partial charge is 0.253 e. The van der Waals surface area contributed by atoms with Gasteiger partial charge in [-0.3, -0.25) is 9.59 Å². The quantitative estimate of drug-likeness (QED) is 0.713. The Morgan fingerprint density at radius 1 is 0.542 bits per heavy atom. The van der Waals surface area contributed by atoms with Gasteiger partial charge in [-0.25, -0.2) is 0 Å². The predicted octanol–water partition coefficient (Wildman–Crippen LogP) is 4.00. The minimum atomic E-state index is -0.485. The first kappa shape index (κ1) is 16.0. The van der Waals surface area contributed by atoms with Crippen LogP contribution in [0.2, 0.25) is 0 Å². The summed E-state index contributed by atoms with van der Waals surface area (Å²) in [5.41, 5.74) is 5.68. The fourth-order valence-corrected chi connectivity index (χ4v) is 3.01. The van der Waals surface area contributed by atoms with Gasteiger partial charge in [0.2, 0.25) is 0 Å². The molecule has 3 aromatic rings. The highest BCUT2D eigenvalue weighted by molar-refractivity contribution is 5.82. The fraction of sp³-hybridized carbons (Fsp3) is 0.200. The Bertz CT molecular complexity index is 874. The molecule has 0 spiro atoms. The Morgan fingerprint density at radius 2 is 0.833 bits per heavy atom. The number of hydrogen-bond donors (Lipinski definition) is 2. The van der Waals surface area contributed by atoms with Crippen molar-refractivity contribution in [3.05, 3.63) is 79.1 Å². The molecule has 24 heavy (non-hydrogen) atoms. The lowest BCUT2D eigenvalue weighted by Crippen LogP contribution is -2.35. The minimum absolute atomic E-state index is 0.323. The topological polar surface area (TPSA) is 58.2 Å². The SMILES string of the molecule is Cc1cc(C)cc(Nc2c(Nc3cc(C)cc(C)c3)c(=O)c2=O)c1. The normalized spacial score (nSPS) is 10.8. The molecule has 0 aliphatic rings. The Morgan fingerprint density at radius 3 is 1.12 bits per heavy atom. The van der Waals surface area contributed by atoms with Gasteiger partial charge in [0.1, 0.15) is 11.4 Å². The molecule has 4 nitrogen and oxygen atoms in total. The average molecular weight is 320 g/mol. The number of hydrogen-bond acceptors (Lipinski definition) is 4.